The molecule has 0 bridgehead atoms. The third-order valence-corrected chi connectivity index (χ3v) is 10.5. The largest absolute Gasteiger partial charge is 0.338 e. The van der Waals surface area contributed by atoms with E-state index in [1.54, 1.807) is 0 Å². The Bertz CT molecular complexity index is 2230. The zero-order valence-corrected chi connectivity index (χ0v) is 32.7. The van der Waals surface area contributed by atoms with Gasteiger partial charge in [-0.2, -0.15) is 0 Å². The molecule has 0 saturated carbocycles. The van der Waals surface area contributed by atoms with Crippen LogP contribution in [0.1, 0.15) is 89.6 Å². The number of pyridine rings is 2. The van der Waals surface area contributed by atoms with Gasteiger partial charge in [0.15, 0.2) is 0 Å². The van der Waals surface area contributed by atoms with Crippen LogP contribution >= 0.6 is 0 Å². The monoisotopic (exact) mass is 695 g/mol. The lowest BCUT2D eigenvalue weighted by Gasteiger charge is -2.36. The Balaban J connectivity index is 0.00000116. The molecular formula is C50H53N3. The molecule has 2 aliphatic rings. The first-order valence-corrected chi connectivity index (χ1v) is 19.4. The summed E-state index contributed by atoms with van der Waals surface area (Å²) in [6.07, 6.45) is 14.5. The van der Waals surface area contributed by atoms with Crippen molar-refractivity contribution >= 4 is 5.69 Å². The fraction of sp³-hybridized carbons (Fsp3) is 0.240. The van der Waals surface area contributed by atoms with Crippen LogP contribution in [0.2, 0.25) is 0 Å². The summed E-state index contributed by atoms with van der Waals surface area (Å²) in [7, 11) is 0. The summed E-state index contributed by atoms with van der Waals surface area (Å²) in [6.45, 7) is 17.2. The number of allylic oxidation sites excluding steroid dienone is 4. The summed E-state index contributed by atoms with van der Waals surface area (Å²) >= 11 is 0. The molecule has 0 spiro atoms. The SMILES string of the molecule is CC.CC.Cc1c(N(C2=CC=CCC2)C(C)c2cc(-c3cccnc3)cc(-c3ccc4c(c3)-c3ccccc3C4(C)C)c2)ccnc1-c1ccccc1. The number of fused-ring (bicyclic) bond motifs is 3. The minimum absolute atomic E-state index is 0.0225. The van der Waals surface area contributed by atoms with E-state index >= 15 is 0 Å². The Labute approximate surface area is 317 Å². The number of hydrogen-bond donors (Lipinski definition) is 0. The van der Waals surface area contributed by atoms with Crippen molar-refractivity contribution in [2.75, 3.05) is 4.90 Å². The Morgan fingerprint density at radius 2 is 1.36 bits per heavy atom. The van der Waals surface area contributed by atoms with Crippen molar-refractivity contribution in [1.29, 1.82) is 0 Å². The number of anilines is 1. The summed E-state index contributed by atoms with van der Waals surface area (Å²) in [6, 6.07) is 40.0. The molecule has 0 N–H and O–H groups in total. The number of aromatic nitrogens is 2. The van der Waals surface area contributed by atoms with Crippen LogP contribution in [0.25, 0.3) is 44.6 Å². The topological polar surface area (TPSA) is 29.0 Å². The van der Waals surface area contributed by atoms with Gasteiger partial charge in [0, 0.05) is 46.5 Å². The van der Waals surface area contributed by atoms with Crippen LogP contribution in [0, 0.1) is 6.92 Å². The minimum Gasteiger partial charge on any atom is -0.338 e. The van der Waals surface area contributed by atoms with Crippen molar-refractivity contribution in [2.24, 2.45) is 0 Å². The molecule has 8 rings (SSSR count). The molecule has 1 atom stereocenters. The Kier molecular flexibility index (Phi) is 11.5. The highest BCUT2D eigenvalue weighted by molar-refractivity contribution is 5.85. The van der Waals surface area contributed by atoms with Gasteiger partial charge < -0.3 is 4.90 Å². The van der Waals surface area contributed by atoms with Gasteiger partial charge in [-0.05, 0) is 119 Å². The second-order valence-corrected chi connectivity index (χ2v) is 13.9. The van der Waals surface area contributed by atoms with E-state index in [0.717, 1.165) is 29.7 Å². The van der Waals surface area contributed by atoms with Gasteiger partial charge in [-0.25, -0.2) is 0 Å². The van der Waals surface area contributed by atoms with Crippen molar-refractivity contribution in [1.82, 2.24) is 9.97 Å². The highest BCUT2D eigenvalue weighted by Gasteiger charge is 2.35. The van der Waals surface area contributed by atoms with Crippen LogP contribution in [0.4, 0.5) is 5.69 Å². The molecule has 53 heavy (non-hydrogen) atoms. The standard InChI is InChI=1S/C46H41N3.2C2H6/c1-31-44(23-25-48-45(31)33-14-7-5-8-15-33)49(39-17-9-6-10-18-39)32(2)36-26-37(28-38(27-36)35-16-13-24-47-30-35)34-21-22-43-41(29-34)40-19-11-12-20-42(40)46(43,3)4;2*1-2/h5-9,11-17,19-30,32H,10,18H2,1-4H3;2*1-2H3. The first kappa shape index (κ1) is 37.2. The summed E-state index contributed by atoms with van der Waals surface area (Å²) in [5, 5.41) is 0. The Hall–Kier alpha value is -5.54. The van der Waals surface area contributed by atoms with Gasteiger partial charge in [-0.15, -0.1) is 0 Å². The summed E-state index contributed by atoms with van der Waals surface area (Å²) < 4.78 is 0. The smallest absolute Gasteiger partial charge is 0.0751 e. The van der Waals surface area contributed by atoms with Crippen molar-refractivity contribution in [3.05, 3.63) is 174 Å². The maximum absolute atomic E-state index is 4.86. The van der Waals surface area contributed by atoms with Gasteiger partial charge in [-0.1, -0.05) is 126 Å². The van der Waals surface area contributed by atoms with Gasteiger partial charge in [0.2, 0.25) is 0 Å². The molecule has 0 amide bonds. The molecule has 0 fully saturated rings. The molecule has 0 radical (unpaired) electrons. The summed E-state index contributed by atoms with van der Waals surface area (Å²) in [4.78, 5) is 11.9. The first-order chi connectivity index (χ1) is 25.9. The molecule has 4 aromatic carbocycles. The Morgan fingerprint density at radius 3 is 2.08 bits per heavy atom. The highest BCUT2D eigenvalue weighted by atomic mass is 15.2. The maximum atomic E-state index is 4.86. The average Bonchev–Trinajstić information content (AvgIpc) is 3.46. The fourth-order valence-corrected chi connectivity index (χ4v) is 7.88. The molecule has 268 valence electrons. The van der Waals surface area contributed by atoms with E-state index in [1.807, 2.05) is 52.4 Å². The van der Waals surface area contributed by atoms with Gasteiger partial charge >= 0.3 is 0 Å². The normalized spacial score (nSPS) is 14.0. The van der Waals surface area contributed by atoms with E-state index in [9.17, 15) is 0 Å². The van der Waals surface area contributed by atoms with Gasteiger partial charge in [0.1, 0.15) is 0 Å². The molecule has 6 aromatic rings. The van der Waals surface area contributed by atoms with E-state index in [0.29, 0.717) is 0 Å². The van der Waals surface area contributed by atoms with Gasteiger partial charge in [0.05, 0.1) is 11.7 Å². The second kappa shape index (κ2) is 16.4. The van der Waals surface area contributed by atoms with Gasteiger partial charge in [-0.3, -0.25) is 9.97 Å². The zero-order valence-electron chi connectivity index (χ0n) is 32.7. The second-order valence-electron chi connectivity index (χ2n) is 13.9. The molecule has 2 heterocycles. The van der Waals surface area contributed by atoms with Crippen LogP contribution < -0.4 is 4.90 Å². The lowest BCUT2D eigenvalue weighted by molar-refractivity contribution is 0.660. The minimum atomic E-state index is -0.0225. The number of nitrogens with zero attached hydrogens (tertiary/aromatic N) is 3. The van der Waals surface area contributed by atoms with Crippen LogP contribution in [-0.2, 0) is 5.41 Å². The third-order valence-electron chi connectivity index (χ3n) is 10.5. The third kappa shape index (κ3) is 7.26. The van der Waals surface area contributed by atoms with E-state index in [1.165, 1.54) is 61.5 Å². The van der Waals surface area contributed by atoms with Crippen LogP contribution in [-0.4, -0.2) is 9.97 Å². The molecule has 3 heteroatoms. The molecular weight excluding hydrogens is 643 g/mol. The van der Waals surface area contributed by atoms with Crippen molar-refractivity contribution < 1.29 is 0 Å². The summed E-state index contributed by atoms with van der Waals surface area (Å²) in [5.41, 5.74) is 17.2. The number of benzene rings is 4. The van der Waals surface area contributed by atoms with E-state index in [2.05, 4.69) is 159 Å². The zero-order chi connectivity index (χ0) is 37.5. The molecule has 0 saturated heterocycles. The molecule has 2 aliphatic carbocycles. The van der Waals surface area contributed by atoms with Crippen molar-refractivity contribution in [3.8, 4) is 44.6 Å². The van der Waals surface area contributed by atoms with Crippen LogP contribution in [0.3, 0.4) is 0 Å². The predicted molar refractivity (Wildman–Crippen MR) is 227 cm³/mol. The average molecular weight is 696 g/mol. The number of rotatable bonds is 7. The molecule has 0 aliphatic heterocycles. The van der Waals surface area contributed by atoms with Crippen molar-refractivity contribution in [2.45, 2.75) is 79.7 Å². The van der Waals surface area contributed by atoms with E-state index in [-0.39, 0.29) is 11.5 Å². The Morgan fingerprint density at radius 1 is 0.660 bits per heavy atom. The maximum Gasteiger partial charge on any atom is 0.0751 e. The lowest BCUT2D eigenvalue weighted by Crippen LogP contribution is -2.28. The molecule has 2 aromatic heterocycles. The van der Waals surface area contributed by atoms with Crippen molar-refractivity contribution in [3.63, 3.8) is 0 Å². The molecule has 3 nitrogen and oxygen atoms in total. The van der Waals surface area contributed by atoms with Crippen LogP contribution in [0.5, 0.6) is 0 Å². The first-order valence-electron chi connectivity index (χ1n) is 19.4. The lowest BCUT2D eigenvalue weighted by atomic mass is 9.82. The fourth-order valence-electron chi connectivity index (χ4n) is 7.88. The highest BCUT2D eigenvalue weighted by Crippen LogP contribution is 2.50. The van der Waals surface area contributed by atoms with Crippen LogP contribution in [0.15, 0.2) is 152 Å². The van der Waals surface area contributed by atoms with E-state index < -0.39 is 0 Å². The number of hydrogen-bond acceptors (Lipinski definition) is 3. The van der Waals surface area contributed by atoms with Gasteiger partial charge in [0.25, 0.3) is 0 Å². The quantitative estimate of drug-likeness (QED) is 0.166. The summed E-state index contributed by atoms with van der Waals surface area (Å²) in [5.74, 6) is 0. The predicted octanol–water partition coefficient (Wildman–Crippen LogP) is 13.9. The van der Waals surface area contributed by atoms with E-state index in [4.69, 9.17) is 4.98 Å². The molecule has 1 unspecified atom stereocenters.